The first-order valence-corrected chi connectivity index (χ1v) is 7.60. The van der Waals surface area contributed by atoms with Crippen LogP contribution in [-0.4, -0.2) is 44.7 Å². The van der Waals surface area contributed by atoms with Crippen LogP contribution in [0.5, 0.6) is 0 Å². The maximum atomic E-state index is 11.2. The summed E-state index contributed by atoms with van der Waals surface area (Å²) < 4.78 is 21.9. The molecule has 6 nitrogen and oxygen atoms in total. The lowest BCUT2D eigenvalue weighted by Crippen LogP contribution is -2.50. The summed E-state index contributed by atoms with van der Waals surface area (Å²) in [4.78, 5) is 22.4. The number of ether oxygens (including phenoxy) is 4. The topological polar surface area (TPSA) is 71.1 Å². The first-order valence-electron chi connectivity index (χ1n) is 7.60. The number of hydrogen-bond donors (Lipinski definition) is 0. The van der Waals surface area contributed by atoms with E-state index >= 15 is 0 Å². The zero-order chi connectivity index (χ0) is 17.5. The number of esters is 2. The highest BCUT2D eigenvalue weighted by Crippen LogP contribution is 2.35. The van der Waals surface area contributed by atoms with E-state index in [0.717, 1.165) is 18.6 Å². The van der Waals surface area contributed by atoms with Gasteiger partial charge in [0, 0.05) is 17.6 Å². The predicted octanol–water partition coefficient (Wildman–Crippen LogP) is 2.24. The molecule has 1 aliphatic rings. The smallest absolute Gasteiger partial charge is 0.330 e. The second-order valence-corrected chi connectivity index (χ2v) is 6.42. The molecule has 0 spiro atoms. The van der Waals surface area contributed by atoms with Gasteiger partial charge in [-0.3, -0.25) is 0 Å². The molecule has 1 saturated heterocycles. The molecule has 6 heteroatoms. The summed E-state index contributed by atoms with van der Waals surface area (Å²) in [6.45, 7) is 13.7. The van der Waals surface area contributed by atoms with E-state index < -0.39 is 23.6 Å². The van der Waals surface area contributed by atoms with Gasteiger partial charge in [0.25, 0.3) is 0 Å². The van der Waals surface area contributed by atoms with Gasteiger partial charge in [-0.25, -0.2) is 9.59 Å². The minimum absolute atomic E-state index is 0.160. The van der Waals surface area contributed by atoms with E-state index in [-0.39, 0.29) is 18.6 Å². The van der Waals surface area contributed by atoms with Crippen molar-refractivity contribution in [1.82, 2.24) is 0 Å². The van der Waals surface area contributed by atoms with E-state index in [9.17, 15) is 9.59 Å². The lowest BCUT2D eigenvalue weighted by atomic mass is 9.85. The molecule has 0 radical (unpaired) electrons. The number of rotatable bonds is 8. The highest BCUT2D eigenvalue weighted by Gasteiger charge is 2.42. The molecule has 0 aliphatic carbocycles. The summed E-state index contributed by atoms with van der Waals surface area (Å²) in [6.07, 6.45) is 2.49. The molecule has 130 valence electrons. The Kier molecular flexibility index (Phi) is 6.97. The van der Waals surface area contributed by atoms with Crippen molar-refractivity contribution in [1.29, 1.82) is 0 Å². The monoisotopic (exact) mass is 326 g/mol. The van der Waals surface area contributed by atoms with Gasteiger partial charge in [0.2, 0.25) is 0 Å². The zero-order valence-corrected chi connectivity index (χ0v) is 14.1. The van der Waals surface area contributed by atoms with Gasteiger partial charge >= 0.3 is 11.9 Å². The van der Waals surface area contributed by atoms with Crippen LogP contribution in [0.4, 0.5) is 0 Å². The van der Waals surface area contributed by atoms with Crippen LogP contribution in [-0.2, 0) is 28.5 Å². The molecule has 0 aromatic carbocycles. The summed E-state index contributed by atoms with van der Waals surface area (Å²) in [7, 11) is 0. The molecule has 0 amide bonds. The van der Waals surface area contributed by atoms with Crippen molar-refractivity contribution in [2.75, 3.05) is 26.4 Å². The molecule has 0 unspecified atom stereocenters. The van der Waals surface area contributed by atoms with Crippen LogP contribution in [0, 0.1) is 10.8 Å². The lowest BCUT2D eigenvalue weighted by molar-refractivity contribution is -0.280. The fraction of sp³-hybridized carbons (Fsp3) is 0.647. The fourth-order valence-corrected chi connectivity index (χ4v) is 2.10. The van der Waals surface area contributed by atoms with E-state index in [0.29, 0.717) is 13.2 Å². The minimum Gasteiger partial charge on any atom is -0.462 e. The van der Waals surface area contributed by atoms with Gasteiger partial charge in [0.1, 0.15) is 13.2 Å². The first-order chi connectivity index (χ1) is 10.8. The van der Waals surface area contributed by atoms with Crippen molar-refractivity contribution in [3.63, 3.8) is 0 Å². The highest BCUT2D eigenvalue weighted by atomic mass is 16.7. The van der Waals surface area contributed by atoms with Crippen molar-refractivity contribution in [2.45, 2.75) is 33.5 Å². The Morgan fingerprint density at radius 1 is 1.17 bits per heavy atom. The quantitative estimate of drug-likeness (QED) is 0.503. The van der Waals surface area contributed by atoms with Crippen LogP contribution in [0.1, 0.15) is 27.2 Å². The summed E-state index contributed by atoms with van der Waals surface area (Å²) in [5.41, 5.74) is -0.876. The Bertz CT molecular complexity index is 446. The third-order valence-electron chi connectivity index (χ3n) is 3.91. The maximum absolute atomic E-state index is 11.2. The summed E-state index contributed by atoms with van der Waals surface area (Å²) in [5.74, 6) is -0.940. The fourth-order valence-electron chi connectivity index (χ4n) is 2.10. The van der Waals surface area contributed by atoms with E-state index in [1.807, 2.05) is 20.8 Å². The molecule has 1 aliphatic heterocycles. The van der Waals surface area contributed by atoms with Crippen molar-refractivity contribution < 1.29 is 28.5 Å². The summed E-state index contributed by atoms with van der Waals surface area (Å²) in [5, 5.41) is 0. The van der Waals surface area contributed by atoms with E-state index in [2.05, 4.69) is 13.2 Å². The van der Waals surface area contributed by atoms with Crippen molar-refractivity contribution in [2.24, 2.45) is 10.8 Å². The summed E-state index contributed by atoms with van der Waals surface area (Å²) in [6, 6.07) is 0. The van der Waals surface area contributed by atoms with Gasteiger partial charge in [0.15, 0.2) is 6.29 Å². The molecule has 0 atom stereocenters. The first kappa shape index (κ1) is 19.4. The molecule has 23 heavy (non-hydrogen) atoms. The van der Waals surface area contributed by atoms with Gasteiger partial charge in [0.05, 0.1) is 18.6 Å². The standard InChI is InChI=1S/C17H26O6/c1-6-13(18)20-9-16(4,5)15-22-11-17(8-3,12-23-15)10-21-14(19)7-2/h6-7,15H,1-2,8-12H2,3-5H3. The largest absolute Gasteiger partial charge is 0.462 e. The van der Waals surface area contributed by atoms with E-state index in [1.54, 1.807) is 0 Å². The zero-order valence-electron chi connectivity index (χ0n) is 14.1. The molecule has 0 N–H and O–H groups in total. The third kappa shape index (κ3) is 5.48. The van der Waals surface area contributed by atoms with Crippen molar-refractivity contribution >= 4 is 11.9 Å². The molecule has 0 saturated carbocycles. The maximum Gasteiger partial charge on any atom is 0.330 e. The average molecular weight is 326 g/mol. The van der Waals surface area contributed by atoms with Gasteiger partial charge in [-0.15, -0.1) is 0 Å². The molecule has 1 fully saturated rings. The Morgan fingerprint density at radius 2 is 1.70 bits per heavy atom. The predicted molar refractivity (Wildman–Crippen MR) is 84.5 cm³/mol. The number of carbonyl (C=O) groups is 2. The molecule has 0 bridgehead atoms. The van der Waals surface area contributed by atoms with Gasteiger partial charge in [-0.05, 0) is 6.42 Å². The molecule has 1 rings (SSSR count). The van der Waals surface area contributed by atoms with Gasteiger partial charge in [-0.1, -0.05) is 33.9 Å². The second-order valence-electron chi connectivity index (χ2n) is 6.42. The normalized spacial score (nSPS) is 24.6. The third-order valence-corrected chi connectivity index (χ3v) is 3.91. The Hall–Kier alpha value is -1.66. The van der Waals surface area contributed by atoms with Crippen LogP contribution in [0.2, 0.25) is 0 Å². The Morgan fingerprint density at radius 3 is 2.17 bits per heavy atom. The Labute approximate surface area is 137 Å². The van der Waals surface area contributed by atoms with Gasteiger partial charge < -0.3 is 18.9 Å². The molecule has 0 aromatic rings. The van der Waals surface area contributed by atoms with Crippen LogP contribution in [0.15, 0.2) is 25.3 Å². The highest BCUT2D eigenvalue weighted by molar-refractivity contribution is 5.81. The Balaban J connectivity index is 2.57. The molecular weight excluding hydrogens is 300 g/mol. The van der Waals surface area contributed by atoms with Gasteiger partial charge in [-0.2, -0.15) is 0 Å². The van der Waals surface area contributed by atoms with Crippen LogP contribution >= 0.6 is 0 Å². The van der Waals surface area contributed by atoms with E-state index in [4.69, 9.17) is 18.9 Å². The summed E-state index contributed by atoms with van der Waals surface area (Å²) >= 11 is 0. The lowest BCUT2D eigenvalue weighted by Gasteiger charge is -2.43. The second kappa shape index (κ2) is 8.26. The minimum atomic E-state index is -0.505. The van der Waals surface area contributed by atoms with Crippen LogP contribution in [0.3, 0.4) is 0 Å². The molecule has 0 aromatic heterocycles. The van der Waals surface area contributed by atoms with E-state index in [1.165, 1.54) is 0 Å². The number of carbonyl (C=O) groups excluding carboxylic acids is 2. The number of hydrogen-bond acceptors (Lipinski definition) is 6. The SMILES string of the molecule is C=CC(=O)OCC1(CC)COC(C(C)(C)COC(=O)C=C)OC1. The van der Waals surface area contributed by atoms with Crippen molar-refractivity contribution in [3.05, 3.63) is 25.3 Å². The molecular formula is C17H26O6. The van der Waals surface area contributed by atoms with Crippen molar-refractivity contribution in [3.8, 4) is 0 Å². The van der Waals surface area contributed by atoms with Crippen LogP contribution in [0.25, 0.3) is 0 Å². The molecule has 1 heterocycles. The van der Waals surface area contributed by atoms with Crippen LogP contribution < -0.4 is 0 Å². The average Bonchev–Trinajstić information content (AvgIpc) is 2.57.